The van der Waals surface area contributed by atoms with E-state index in [9.17, 15) is 4.39 Å². The molecule has 1 rings (SSSR count). The fourth-order valence-corrected chi connectivity index (χ4v) is 1.26. The summed E-state index contributed by atoms with van der Waals surface area (Å²) in [5.41, 5.74) is 0. The van der Waals surface area contributed by atoms with Gasteiger partial charge in [-0.2, -0.15) is 0 Å². The van der Waals surface area contributed by atoms with Crippen LogP contribution in [0.1, 0.15) is 5.82 Å². The normalized spacial score (nSPS) is 10.6. The Morgan fingerprint density at radius 3 is 3.00 bits per heavy atom. The largest absolute Gasteiger partial charge is 1.00 e. The number of aryl methyl sites for hydroxylation is 1. The van der Waals surface area contributed by atoms with Crippen LogP contribution >= 0.6 is 0 Å². The molecule has 1 heterocycles. The first-order valence-electron chi connectivity index (χ1n) is 4.65. The van der Waals surface area contributed by atoms with Crippen LogP contribution in [0.2, 0.25) is 0 Å². The van der Waals surface area contributed by atoms with Gasteiger partial charge in [-0.25, -0.2) is 13.5 Å². The van der Waals surface area contributed by atoms with Gasteiger partial charge in [0, 0.05) is 0 Å². The molecule has 0 saturated heterocycles. The van der Waals surface area contributed by atoms with Crippen LogP contribution in [0.15, 0.2) is 17.5 Å². The van der Waals surface area contributed by atoms with Gasteiger partial charge >= 0.3 is 5.82 Å². The van der Waals surface area contributed by atoms with E-state index in [1.807, 2.05) is 28.6 Å². The van der Waals surface area contributed by atoms with Crippen LogP contribution in [0.4, 0.5) is 4.39 Å². The minimum Gasteiger partial charge on any atom is -1.00 e. The van der Waals surface area contributed by atoms with Crippen LogP contribution in [-0.4, -0.2) is 35.9 Å². The maximum absolute atomic E-state index is 11.7. The standard InChI is InChI=1S/C9H14FN3O2.ClH/c1-12-3-4-13(9(12)8-11-14)5-7-15-6-2-10;/h3-4,8H,2,5-7H2,1H3;1H. The Morgan fingerprint density at radius 1 is 1.62 bits per heavy atom. The molecule has 0 atom stereocenters. The van der Waals surface area contributed by atoms with Gasteiger partial charge in [0.25, 0.3) is 0 Å². The van der Waals surface area contributed by atoms with Crippen molar-refractivity contribution < 1.29 is 31.3 Å². The van der Waals surface area contributed by atoms with E-state index in [-0.39, 0.29) is 19.0 Å². The summed E-state index contributed by atoms with van der Waals surface area (Å²) in [7, 11) is 1.84. The summed E-state index contributed by atoms with van der Waals surface area (Å²) in [5.74, 6) is 0.751. The highest BCUT2D eigenvalue weighted by Gasteiger charge is 2.11. The van der Waals surface area contributed by atoms with E-state index < -0.39 is 6.67 Å². The quantitative estimate of drug-likeness (QED) is 0.194. The van der Waals surface area contributed by atoms with Gasteiger partial charge < -0.3 is 22.4 Å². The van der Waals surface area contributed by atoms with Crippen molar-refractivity contribution in [2.24, 2.45) is 12.2 Å². The maximum atomic E-state index is 11.7. The van der Waals surface area contributed by atoms with Crippen LogP contribution in [0.25, 0.3) is 0 Å². The minimum atomic E-state index is -0.468. The van der Waals surface area contributed by atoms with Crippen molar-refractivity contribution in [1.82, 2.24) is 4.57 Å². The molecule has 92 valence electrons. The molecule has 0 spiro atoms. The zero-order valence-electron chi connectivity index (χ0n) is 9.01. The second kappa shape index (κ2) is 8.06. The number of imidazole rings is 1. The third kappa shape index (κ3) is 4.16. The molecule has 0 aliphatic heterocycles. The number of nitrogens with zero attached hydrogens (tertiary/aromatic N) is 3. The zero-order valence-corrected chi connectivity index (χ0v) is 9.77. The summed E-state index contributed by atoms with van der Waals surface area (Å²) in [5, 5.41) is 11.4. The summed E-state index contributed by atoms with van der Waals surface area (Å²) < 4.78 is 20.4. The van der Waals surface area contributed by atoms with E-state index in [0.717, 1.165) is 5.82 Å². The highest BCUT2D eigenvalue weighted by atomic mass is 35.5. The second-order valence-corrected chi connectivity index (χ2v) is 3.01. The number of hydrogen-bond donors (Lipinski definition) is 1. The van der Waals surface area contributed by atoms with Crippen molar-refractivity contribution in [1.29, 1.82) is 0 Å². The van der Waals surface area contributed by atoms with Gasteiger partial charge in [0.2, 0.25) is 0 Å². The number of rotatable bonds is 6. The molecule has 0 amide bonds. The van der Waals surface area contributed by atoms with Gasteiger partial charge in [-0.1, -0.05) is 5.16 Å². The first kappa shape index (κ1) is 14.9. The van der Waals surface area contributed by atoms with Gasteiger partial charge in [-0.15, -0.1) is 0 Å². The van der Waals surface area contributed by atoms with Crippen LogP contribution in [0.3, 0.4) is 0 Å². The van der Waals surface area contributed by atoms with E-state index in [4.69, 9.17) is 9.94 Å². The van der Waals surface area contributed by atoms with Crippen molar-refractivity contribution >= 4 is 6.21 Å². The number of halogens is 2. The smallest absolute Gasteiger partial charge is 0.303 e. The molecule has 0 aliphatic rings. The predicted molar refractivity (Wildman–Crippen MR) is 51.8 cm³/mol. The first-order chi connectivity index (χ1) is 7.29. The Hall–Kier alpha value is -1.14. The highest BCUT2D eigenvalue weighted by Crippen LogP contribution is 1.92. The average molecular weight is 252 g/mol. The predicted octanol–water partition coefficient (Wildman–Crippen LogP) is -2.89. The fourth-order valence-electron chi connectivity index (χ4n) is 1.26. The van der Waals surface area contributed by atoms with Gasteiger partial charge in [-0.3, -0.25) is 0 Å². The summed E-state index contributed by atoms with van der Waals surface area (Å²) in [6.45, 7) is 0.689. The van der Waals surface area contributed by atoms with E-state index >= 15 is 0 Å². The molecule has 0 bridgehead atoms. The third-order valence-electron chi connectivity index (χ3n) is 2.00. The Balaban J connectivity index is 0.00000225. The van der Waals surface area contributed by atoms with E-state index in [1.165, 1.54) is 6.21 Å². The minimum absolute atomic E-state index is 0. The molecule has 0 fully saturated rings. The van der Waals surface area contributed by atoms with Gasteiger partial charge in [-0.05, 0) is 0 Å². The number of ether oxygens (including phenoxy) is 1. The number of aromatic nitrogens is 2. The summed E-state index contributed by atoms with van der Waals surface area (Å²) in [6, 6.07) is 0. The molecular weight excluding hydrogens is 237 g/mol. The molecular formula is C9H15ClFN3O2. The van der Waals surface area contributed by atoms with Crippen LogP contribution < -0.4 is 17.0 Å². The zero-order chi connectivity index (χ0) is 11.1. The summed E-state index contributed by atoms with van der Waals surface area (Å²) >= 11 is 0. The van der Waals surface area contributed by atoms with E-state index in [2.05, 4.69) is 5.16 Å². The molecule has 1 aromatic heterocycles. The molecule has 0 unspecified atom stereocenters. The van der Waals surface area contributed by atoms with Crippen LogP contribution in [0, 0.1) is 0 Å². The topological polar surface area (TPSA) is 50.6 Å². The molecule has 7 heteroatoms. The van der Waals surface area contributed by atoms with E-state index in [1.54, 1.807) is 0 Å². The lowest BCUT2D eigenvalue weighted by Crippen LogP contribution is -3.00. The fraction of sp³-hybridized carbons (Fsp3) is 0.556. The Bertz CT molecular complexity index is 331. The van der Waals surface area contributed by atoms with Gasteiger partial charge in [0.1, 0.15) is 25.6 Å². The highest BCUT2D eigenvalue weighted by molar-refractivity contribution is 5.72. The lowest BCUT2D eigenvalue weighted by molar-refractivity contribution is -0.671. The van der Waals surface area contributed by atoms with Gasteiger partial charge in [0.15, 0.2) is 6.21 Å². The first-order valence-corrected chi connectivity index (χ1v) is 4.65. The molecule has 1 N–H and O–H groups in total. The van der Waals surface area contributed by atoms with E-state index in [0.29, 0.717) is 13.2 Å². The van der Waals surface area contributed by atoms with Crippen molar-refractivity contribution in [2.75, 3.05) is 19.9 Å². The number of oxime groups is 1. The average Bonchev–Trinajstić information content (AvgIpc) is 2.57. The number of hydrogen-bond acceptors (Lipinski definition) is 3. The van der Waals surface area contributed by atoms with Crippen molar-refractivity contribution in [3.63, 3.8) is 0 Å². The Kier molecular flexibility index (Phi) is 7.49. The molecule has 0 aromatic carbocycles. The molecule has 1 aromatic rings. The SMILES string of the molecule is C[n+]1ccn(CCOCCF)c1/C=N/O.[Cl-]. The molecule has 0 aliphatic carbocycles. The van der Waals surface area contributed by atoms with Crippen LogP contribution in [0.5, 0.6) is 0 Å². The van der Waals surface area contributed by atoms with Crippen molar-refractivity contribution in [3.05, 3.63) is 18.2 Å². The number of alkyl halides is 1. The molecule has 5 nitrogen and oxygen atoms in total. The molecule has 0 saturated carbocycles. The Morgan fingerprint density at radius 2 is 2.38 bits per heavy atom. The summed E-state index contributed by atoms with van der Waals surface area (Å²) in [6.07, 6.45) is 5.02. The maximum Gasteiger partial charge on any atom is 0.303 e. The second-order valence-electron chi connectivity index (χ2n) is 3.01. The monoisotopic (exact) mass is 251 g/mol. The molecule has 16 heavy (non-hydrogen) atoms. The summed E-state index contributed by atoms with van der Waals surface area (Å²) in [4.78, 5) is 0. The lowest BCUT2D eigenvalue weighted by atomic mass is 10.5. The van der Waals surface area contributed by atoms with Crippen molar-refractivity contribution in [3.8, 4) is 0 Å². The van der Waals surface area contributed by atoms with Crippen molar-refractivity contribution in [2.45, 2.75) is 6.54 Å². The third-order valence-corrected chi connectivity index (χ3v) is 2.00. The van der Waals surface area contributed by atoms with Gasteiger partial charge in [0.05, 0.1) is 20.3 Å². The lowest BCUT2D eigenvalue weighted by Gasteiger charge is -2.00. The van der Waals surface area contributed by atoms with Crippen LogP contribution in [-0.2, 0) is 18.3 Å². The molecule has 0 radical (unpaired) electrons. The Labute approximate surface area is 99.5 Å².